The second kappa shape index (κ2) is 8.35. The van der Waals surface area contributed by atoms with Crippen molar-refractivity contribution in [2.45, 2.75) is 39.7 Å². The highest BCUT2D eigenvalue weighted by molar-refractivity contribution is 5.80. The minimum absolute atomic E-state index is 0.185. The van der Waals surface area contributed by atoms with Crippen LogP contribution in [-0.4, -0.2) is 40.4 Å². The molecule has 0 aromatic carbocycles. The summed E-state index contributed by atoms with van der Waals surface area (Å²) in [6.07, 6.45) is 1.24. The van der Waals surface area contributed by atoms with Crippen LogP contribution in [0.15, 0.2) is 6.07 Å². The van der Waals surface area contributed by atoms with Crippen LogP contribution in [-0.2, 0) is 9.53 Å². The molecule has 118 valence electrons. The van der Waals surface area contributed by atoms with E-state index in [0.717, 1.165) is 6.42 Å². The number of amides is 1. The highest BCUT2D eigenvalue weighted by Crippen LogP contribution is 2.18. The van der Waals surface area contributed by atoms with E-state index in [1.807, 2.05) is 13.8 Å². The maximum atomic E-state index is 12.2. The molecule has 0 fully saturated rings. The van der Waals surface area contributed by atoms with Crippen LogP contribution in [0.4, 0.5) is 5.82 Å². The molecule has 0 saturated carbocycles. The lowest BCUT2D eigenvalue weighted by Gasteiger charge is -2.14. The number of hydrogen-bond acceptors (Lipinski definition) is 5. The summed E-state index contributed by atoms with van der Waals surface area (Å²) in [5, 5.41) is 17.4. The number of nitro groups is 1. The Bertz CT molecular complexity index is 487. The third-order valence-electron chi connectivity index (χ3n) is 3.05. The van der Waals surface area contributed by atoms with Gasteiger partial charge < -0.3 is 20.2 Å². The summed E-state index contributed by atoms with van der Waals surface area (Å²) >= 11 is 0. The van der Waals surface area contributed by atoms with Crippen molar-refractivity contribution < 1.29 is 14.5 Å². The monoisotopic (exact) mass is 298 g/mol. The highest BCUT2D eigenvalue weighted by atomic mass is 16.6. The minimum atomic E-state index is -0.559. The van der Waals surface area contributed by atoms with E-state index in [0.29, 0.717) is 31.9 Å². The molecular weight excluding hydrogens is 276 g/mol. The van der Waals surface area contributed by atoms with Gasteiger partial charge in [0.05, 0.1) is 16.9 Å². The lowest BCUT2D eigenvalue weighted by molar-refractivity contribution is -0.389. The van der Waals surface area contributed by atoms with Gasteiger partial charge in [-0.15, -0.1) is 0 Å². The number of rotatable bonds is 9. The summed E-state index contributed by atoms with van der Waals surface area (Å²) in [6, 6.07) is 0.830. The highest BCUT2D eigenvalue weighted by Gasteiger charge is 2.26. The van der Waals surface area contributed by atoms with E-state index in [2.05, 4.69) is 10.4 Å². The molecule has 0 aliphatic carbocycles. The summed E-state index contributed by atoms with van der Waals surface area (Å²) in [5.41, 5.74) is 0.595. The molecule has 1 heterocycles. The fourth-order valence-corrected chi connectivity index (χ4v) is 1.99. The van der Waals surface area contributed by atoms with Gasteiger partial charge in [-0.1, -0.05) is 6.92 Å². The Balaban J connectivity index is 2.65. The molecule has 0 aliphatic heterocycles. The van der Waals surface area contributed by atoms with Gasteiger partial charge in [-0.2, -0.15) is 4.68 Å². The van der Waals surface area contributed by atoms with E-state index in [1.54, 1.807) is 6.92 Å². The molecule has 8 nitrogen and oxygen atoms in total. The van der Waals surface area contributed by atoms with Crippen molar-refractivity contribution in [2.75, 3.05) is 19.8 Å². The molecule has 1 unspecified atom stereocenters. The van der Waals surface area contributed by atoms with Gasteiger partial charge in [0.15, 0.2) is 6.04 Å². The number of nitrogens with one attached hydrogen (secondary N) is 1. The molecule has 0 saturated heterocycles. The van der Waals surface area contributed by atoms with Crippen LogP contribution in [0, 0.1) is 17.0 Å². The zero-order valence-electron chi connectivity index (χ0n) is 12.7. The Labute approximate surface area is 123 Å². The van der Waals surface area contributed by atoms with Crippen LogP contribution in [0.1, 0.15) is 38.4 Å². The lowest BCUT2D eigenvalue weighted by atomic mass is 10.2. The Morgan fingerprint density at radius 3 is 2.81 bits per heavy atom. The van der Waals surface area contributed by atoms with Crippen LogP contribution in [0.2, 0.25) is 0 Å². The molecule has 1 atom stereocenters. The first-order valence-electron chi connectivity index (χ1n) is 7.07. The maximum Gasteiger partial charge on any atom is 0.390 e. The average molecular weight is 298 g/mol. The molecular formula is C13H22N4O4. The number of carbonyl (C=O) groups excluding carboxylic acids is 1. The third-order valence-corrected chi connectivity index (χ3v) is 3.05. The van der Waals surface area contributed by atoms with Crippen LogP contribution >= 0.6 is 0 Å². The number of nitrogens with zero attached hydrogens (tertiary/aromatic N) is 3. The summed E-state index contributed by atoms with van der Waals surface area (Å²) in [5.74, 6) is -0.426. The van der Waals surface area contributed by atoms with Gasteiger partial charge in [-0.25, -0.2) is 0 Å². The molecule has 1 aromatic rings. The number of aryl methyl sites for hydroxylation is 1. The van der Waals surface area contributed by atoms with Crippen molar-refractivity contribution in [3.63, 3.8) is 0 Å². The molecule has 1 amide bonds. The quantitative estimate of drug-likeness (QED) is 0.424. The molecule has 8 heteroatoms. The minimum Gasteiger partial charge on any atom is -0.382 e. The summed E-state index contributed by atoms with van der Waals surface area (Å²) in [4.78, 5) is 22.3. The van der Waals surface area contributed by atoms with E-state index in [4.69, 9.17) is 4.74 Å². The number of aromatic nitrogens is 2. The predicted molar refractivity (Wildman–Crippen MR) is 77.1 cm³/mol. The van der Waals surface area contributed by atoms with Crippen LogP contribution in [0.3, 0.4) is 0 Å². The average Bonchev–Trinajstić information content (AvgIpc) is 2.82. The van der Waals surface area contributed by atoms with Crippen LogP contribution in [0.5, 0.6) is 0 Å². The van der Waals surface area contributed by atoms with Crippen molar-refractivity contribution in [3.05, 3.63) is 21.9 Å². The van der Waals surface area contributed by atoms with Crippen molar-refractivity contribution in [3.8, 4) is 0 Å². The molecule has 1 N–H and O–H groups in total. The summed E-state index contributed by atoms with van der Waals surface area (Å²) in [6.45, 7) is 7.22. The van der Waals surface area contributed by atoms with Gasteiger partial charge in [0.1, 0.15) is 0 Å². The molecule has 1 aromatic heterocycles. The molecule has 0 radical (unpaired) electrons. The van der Waals surface area contributed by atoms with Gasteiger partial charge in [-0.3, -0.25) is 4.79 Å². The topological polar surface area (TPSA) is 99.3 Å². The SMILES string of the molecule is CCOCCCNC(=O)C(CC)n1nc([N+](=O)[O-])cc1C. The van der Waals surface area contributed by atoms with Crippen molar-refractivity contribution >= 4 is 11.7 Å². The van der Waals surface area contributed by atoms with Crippen LogP contribution in [0.25, 0.3) is 0 Å². The first-order chi connectivity index (χ1) is 10.0. The van der Waals surface area contributed by atoms with E-state index in [1.165, 1.54) is 10.7 Å². The predicted octanol–water partition coefficient (Wildman–Crippen LogP) is 1.59. The molecule has 1 rings (SSSR count). The van der Waals surface area contributed by atoms with E-state index >= 15 is 0 Å². The molecule has 21 heavy (non-hydrogen) atoms. The maximum absolute atomic E-state index is 12.2. The number of ether oxygens (including phenoxy) is 1. The van der Waals surface area contributed by atoms with E-state index in [9.17, 15) is 14.9 Å². The van der Waals surface area contributed by atoms with Crippen molar-refractivity contribution in [1.82, 2.24) is 15.1 Å². The van der Waals surface area contributed by atoms with Crippen molar-refractivity contribution in [2.24, 2.45) is 0 Å². The second-order valence-electron chi connectivity index (χ2n) is 4.61. The van der Waals surface area contributed by atoms with Gasteiger partial charge in [0, 0.05) is 19.8 Å². The summed E-state index contributed by atoms with van der Waals surface area (Å²) in [7, 11) is 0. The first-order valence-corrected chi connectivity index (χ1v) is 7.07. The Morgan fingerprint density at radius 1 is 1.57 bits per heavy atom. The van der Waals surface area contributed by atoms with Gasteiger partial charge in [0.2, 0.25) is 5.91 Å². The van der Waals surface area contributed by atoms with E-state index in [-0.39, 0.29) is 11.7 Å². The zero-order valence-corrected chi connectivity index (χ0v) is 12.7. The third kappa shape index (κ3) is 4.82. The standard InChI is InChI=1S/C13H22N4O4/c1-4-11(13(18)14-7-6-8-21-5-2)16-10(3)9-12(15-16)17(19)20/h9,11H,4-8H2,1-3H3,(H,14,18). The fraction of sp³-hybridized carbons (Fsp3) is 0.692. The van der Waals surface area contributed by atoms with Crippen molar-refractivity contribution in [1.29, 1.82) is 0 Å². The smallest absolute Gasteiger partial charge is 0.382 e. The lowest BCUT2D eigenvalue weighted by Crippen LogP contribution is -2.34. The van der Waals surface area contributed by atoms with Gasteiger partial charge in [0.25, 0.3) is 0 Å². The van der Waals surface area contributed by atoms with Gasteiger partial charge >= 0.3 is 5.82 Å². The van der Waals surface area contributed by atoms with E-state index < -0.39 is 11.0 Å². The largest absolute Gasteiger partial charge is 0.390 e. The normalized spacial score (nSPS) is 12.1. The summed E-state index contributed by atoms with van der Waals surface area (Å²) < 4.78 is 6.60. The molecule has 0 aliphatic rings. The Kier molecular flexibility index (Phi) is 6.80. The Hall–Kier alpha value is -1.96. The molecule has 0 spiro atoms. The first kappa shape index (κ1) is 17.1. The number of hydrogen-bond donors (Lipinski definition) is 1. The fourth-order valence-electron chi connectivity index (χ4n) is 1.99. The zero-order chi connectivity index (χ0) is 15.8. The van der Waals surface area contributed by atoms with Crippen LogP contribution < -0.4 is 5.32 Å². The molecule has 0 bridgehead atoms. The van der Waals surface area contributed by atoms with Gasteiger partial charge in [-0.05, 0) is 31.6 Å². The second-order valence-corrected chi connectivity index (χ2v) is 4.61. The Morgan fingerprint density at radius 2 is 2.29 bits per heavy atom. The number of carbonyl (C=O) groups is 1.